The van der Waals surface area contributed by atoms with Gasteiger partial charge in [0.05, 0.1) is 40.1 Å². The van der Waals surface area contributed by atoms with Crippen LogP contribution in [0, 0.1) is 17.1 Å². The SMILES string of the molecule is CN(CCC#N)C(=O)c1ccc2c(c1)N(Cc1ccccc1F)C(=O)c1ccccc1S2(=O)=O. The average Bonchev–Trinajstić information content (AvgIpc) is 2.91. The van der Waals surface area contributed by atoms with Gasteiger partial charge in [0.15, 0.2) is 0 Å². The fourth-order valence-corrected chi connectivity index (χ4v) is 5.46. The second-order valence-corrected chi connectivity index (χ2v) is 9.69. The topological polar surface area (TPSA) is 98.5 Å². The van der Waals surface area contributed by atoms with E-state index in [0.717, 1.165) is 0 Å². The van der Waals surface area contributed by atoms with Crippen molar-refractivity contribution >= 4 is 27.3 Å². The van der Waals surface area contributed by atoms with Gasteiger partial charge >= 0.3 is 0 Å². The van der Waals surface area contributed by atoms with Crippen LogP contribution >= 0.6 is 0 Å². The van der Waals surface area contributed by atoms with Crippen LogP contribution in [0.25, 0.3) is 0 Å². The van der Waals surface area contributed by atoms with Crippen LogP contribution in [-0.4, -0.2) is 38.7 Å². The predicted molar refractivity (Wildman–Crippen MR) is 122 cm³/mol. The van der Waals surface area contributed by atoms with Crippen LogP contribution in [0.3, 0.4) is 0 Å². The number of anilines is 1. The number of rotatable bonds is 5. The van der Waals surface area contributed by atoms with Crippen molar-refractivity contribution in [1.82, 2.24) is 4.90 Å². The zero-order valence-corrected chi connectivity index (χ0v) is 19.0. The van der Waals surface area contributed by atoms with Crippen LogP contribution in [0.15, 0.2) is 76.5 Å². The third-order valence-corrected chi connectivity index (χ3v) is 7.49. The molecule has 0 unspecified atom stereocenters. The normalized spacial score (nSPS) is 13.9. The van der Waals surface area contributed by atoms with Gasteiger partial charge in [-0.1, -0.05) is 30.3 Å². The lowest BCUT2D eigenvalue weighted by Crippen LogP contribution is -2.31. The van der Waals surface area contributed by atoms with Crippen LogP contribution in [0.4, 0.5) is 10.1 Å². The third-order valence-electron chi connectivity index (χ3n) is 5.63. The summed E-state index contributed by atoms with van der Waals surface area (Å²) in [7, 11) is -2.58. The van der Waals surface area contributed by atoms with E-state index in [1.165, 1.54) is 71.4 Å². The highest BCUT2D eigenvalue weighted by molar-refractivity contribution is 7.91. The summed E-state index contributed by atoms with van der Waals surface area (Å²) in [5.74, 6) is -1.60. The number of nitrogens with zero attached hydrogens (tertiary/aromatic N) is 3. The van der Waals surface area contributed by atoms with Crippen molar-refractivity contribution in [2.24, 2.45) is 0 Å². The summed E-state index contributed by atoms with van der Waals surface area (Å²) in [5, 5.41) is 8.80. The largest absolute Gasteiger partial charge is 0.341 e. The van der Waals surface area contributed by atoms with Gasteiger partial charge in [-0.25, -0.2) is 12.8 Å². The maximum Gasteiger partial charge on any atom is 0.259 e. The van der Waals surface area contributed by atoms with Crippen molar-refractivity contribution < 1.29 is 22.4 Å². The molecule has 4 rings (SSSR count). The van der Waals surface area contributed by atoms with Crippen LogP contribution < -0.4 is 4.90 Å². The highest BCUT2D eigenvalue weighted by Crippen LogP contribution is 2.38. The minimum absolute atomic E-state index is 0.0102. The first-order chi connectivity index (χ1) is 16.3. The molecule has 0 bridgehead atoms. The lowest BCUT2D eigenvalue weighted by Gasteiger charge is -2.24. The van der Waals surface area contributed by atoms with Crippen LogP contribution in [0.2, 0.25) is 0 Å². The number of hydrogen-bond donors (Lipinski definition) is 0. The Morgan fingerprint density at radius 3 is 2.50 bits per heavy atom. The molecule has 0 spiro atoms. The standard InChI is InChI=1S/C25H20FN3O4S/c1-28(14-6-13-27)24(30)17-11-12-23-21(15-17)29(16-18-7-2-4-9-20(18)26)25(31)19-8-3-5-10-22(19)34(23,32)33/h2-5,7-12,15H,6,14,16H2,1H3. The summed E-state index contributed by atoms with van der Waals surface area (Å²) in [6, 6.07) is 17.7. The molecular weight excluding hydrogens is 457 g/mol. The summed E-state index contributed by atoms with van der Waals surface area (Å²) >= 11 is 0. The van der Waals surface area contributed by atoms with Crippen molar-refractivity contribution in [1.29, 1.82) is 5.26 Å². The van der Waals surface area contributed by atoms with Gasteiger partial charge in [0, 0.05) is 24.7 Å². The number of carbonyl (C=O) groups excluding carboxylic acids is 2. The van der Waals surface area contributed by atoms with Gasteiger partial charge in [0.2, 0.25) is 9.84 Å². The summed E-state index contributed by atoms with van der Waals surface area (Å²) in [4.78, 5) is 28.7. The predicted octanol–water partition coefficient (Wildman–Crippen LogP) is 3.80. The number of sulfone groups is 1. The number of hydrogen-bond acceptors (Lipinski definition) is 5. The second kappa shape index (κ2) is 9.08. The summed E-state index contributed by atoms with van der Waals surface area (Å²) < 4.78 is 41.5. The van der Waals surface area contributed by atoms with Gasteiger partial charge in [-0.05, 0) is 36.4 Å². The fourth-order valence-electron chi connectivity index (χ4n) is 3.83. The van der Waals surface area contributed by atoms with E-state index in [1.54, 1.807) is 12.1 Å². The molecule has 172 valence electrons. The molecule has 2 amide bonds. The van der Waals surface area contributed by atoms with E-state index in [4.69, 9.17) is 5.26 Å². The van der Waals surface area contributed by atoms with Crippen molar-refractivity contribution in [3.63, 3.8) is 0 Å². The Bertz CT molecular complexity index is 1450. The summed E-state index contributed by atoms with van der Waals surface area (Å²) in [5.41, 5.74) is 0.297. The van der Waals surface area contributed by atoms with Crippen molar-refractivity contribution in [3.8, 4) is 6.07 Å². The monoisotopic (exact) mass is 477 g/mol. The molecule has 0 aromatic heterocycles. The van der Waals surface area contributed by atoms with Crippen molar-refractivity contribution in [3.05, 3.63) is 89.2 Å². The molecule has 0 fully saturated rings. The molecule has 7 nitrogen and oxygen atoms in total. The highest BCUT2D eigenvalue weighted by atomic mass is 32.2. The maximum absolute atomic E-state index is 14.5. The number of fused-ring (bicyclic) bond motifs is 2. The van der Waals surface area contributed by atoms with Gasteiger partial charge in [-0.15, -0.1) is 0 Å². The number of benzene rings is 3. The Hall–Kier alpha value is -4.03. The van der Waals surface area contributed by atoms with E-state index in [0.29, 0.717) is 0 Å². The zero-order chi connectivity index (χ0) is 24.5. The van der Waals surface area contributed by atoms with Crippen molar-refractivity contribution in [2.75, 3.05) is 18.5 Å². The van der Waals surface area contributed by atoms with E-state index >= 15 is 0 Å². The smallest absolute Gasteiger partial charge is 0.259 e. The molecule has 9 heteroatoms. The Labute approximate surface area is 196 Å². The molecule has 3 aromatic carbocycles. The molecule has 0 radical (unpaired) electrons. The van der Waals surface area contributed by atoms with Gasteiger partial charge in [-0.2, -0.15) is 5.26 Å². The Morgan fingerprint density at radius 2 is 1.76 bits per heavy atom. The summed E-state index contributed by atoms with van der Waals surface area (Å²) in [6.07, 6.45) is 0.134. The molecule has 1 heterocycles. The molecule has 1 aliphatic heterocycles. The fraction of sp³-hybridized carbons (Fsp3) is 0.160. The molecule has 3 aromatic rings. The molecule has 0 aliphatic carbocycles. The molecule has 0 atom stereocenters. The van der Waals surface area contributed by atoms with Crippen LogP contribution in [0.5, 0.6) is 0 Å². The van der Waals surface area contributed by atoms with E-state index in [-0.39, 0.29) is 51.7 Å². The summed E-state index contributed by atoms with van der Waals surface area (Å²) in [6.45, 7) is -0.0433. The number of carbonyl (C=O) groups is 2. The van der Waals surface area contributed by atoms with E-state index in [9.17, 15) is 22.4 Å². The minimum Gasteiger partial charge on any atom is -0.341 e. The number of nitriles is 1. The average molecular weight is 478 g/mol. The highest BCUT2D eigenvalue weighted by Gasteiger charge is 2.36. The molecule has 1 aliphatic rings. The van der Waals surface area contributed by atoms with Crippen LogP contribution in [0.1, 0.15) is 32.7 Å². The van der Waals surface area contributed by atoms with Gasteiger partial charge in [-0.3, -0.25) is 9.59 Å². The van der Waals surface area contributed by atoms with E-state index in [1.807, 2.05) is 6.07 Å². The first-order valence-electron chi connectivity index (χ1n) is 10.4. The quantitative estimate of drug-likeness (QED) is 0.557. The van der Waals surface area contributed by atoms with Gasteiger partial charge in [0.1, 0.15) is 5.82 Å². The Balaban J connectivity index is 1.91. The van der Waals surface area contributed by atoms with E-state index < -0.39 is 27.5 Å². The van der Waals surface area contributed by atoms with Crippen LogP contribution in [-0.2, 0) is 16.4 Å². The number of amides is 2. The second-order valence-electron chi connectivity index (χ2n) is 7.80. The maximum atomic E-state index is 14.5. The molecular formula is C25H20FN3O4S. The minimum atomic E-state index is -4.11. The molecule has 0 N–H and O–H groups in total. The number of halogens is 1. The molecule has 0 saturated heterocycles. The zero-order valence-electron chi connectivity index (χ0n) is 18.2. The van der Waals surface area contributed by atoms with Crippen molar-refractivity contribution in [2.45, 2.75) is 22.8 Å². The van der Waals surface area contributed by atoms with E-state index in [2.05, 4.69) is 0 Å². The lowest BCUT2D eigenvalue weighted by atomic mass is 10.1. The first-order valence-corrected chi connectivity index (χ1v) is 11.9. The van der Waals surface area contributed by atoms with Gasteiger partial charge in [0.25, 0.3) is 11.8 Å². The Kier molecular flexibility index (Phi) is 6.18. The lowest BCUT2D eigenvalue weighted by molar-refractivity contribution is 0.0797. The Morgan fingerprint density at radius 1 is 1.06 bits per heavy atom. The van der Waals surface area contributed by atoms with Gasteiger partial charge < -0.3 is 9.80 Å². The first kappa shape index (κ1) is 23.1. The molecule has 34 heavy (non-hydrogen) atoms. The third kappa shape index (κ3) is 4.04. The molecule has 0 saturated carbocycles.